The van der Waals surface area contributed by atoms with Crippen LogP contribution in [0.15, 0.2) is 4.52 Å². The van der Waals surface area contributed by atoms with Gasteiger partial charge in [0, 0.05) is 13.0 Å². The number of carbonyl (C=O) groups is 1. The summed E-state index contributed by atoms with van der Waals surface area (Å²) in [5, 5.41) is 16.6. The molecule has 1 saturated heterocycles. The molecule has 2 heterocycles. The van der Waals surface area contributed by atoms with Gasteiger partial charge in [0.25, 0.3) is 0 Å². The summed E-state index contributed by atoms with van der Waals surface area (Å²) in [7, 11) is 3.93. The molecule has 1 fully saturated rings. The Hall–Kier alpha value is -1.47. The zero-order chi connectivity index (χ0) is 13.9. The van der Waals surface area contributed by atoms with E-state index in [0.29, 0.717) is 38.2 Å². The van der Waals surface area contributed by atoms with E-state index in [4.69, 9.17) is 4.52 Å². The Labute approximate surface area is 112 Å². The summed E-state index contributed by atoms with van der Waals surface area (Å²) >= 11 is 0. The molecule has 0 aliphatic carbocycles. The number of piperidine rings is 1. The summed E-state index contributed by atoms with van der Waals surface area (Å²) in [6.45, 7) is 2.12. The van der Waals surface area contributed by atoms with Gasteiger partial charge in [0.1, 0.15) is 5.41 Å². The molecule has 0 saturated carbocycles. The van der Waals surface area contributed by atoms with Crippen LogP contribution >= 0.6 is 0 Å². The Morgan fingerprint density at radius 3 is 2.74 bits per heavy atom. The van der Waals surface area contributed by atoms with Crippen LogP contribution in [0.2, 0.25) is 0 Å². The van der Waals surface area contributed by atoms with Crippen molar-refractivity contribution in [1.82, 2.24) is 20.4 Å². The lowest BCUT2D eigenvalue weighted by Crippen LogP contribution is -2.45. The Balaban J connectivity index is 2.16. The smallest absolute Gasteiger partial charge is 0.319 e. The third kappa shape index (κ3) is 2.93. The van der Waals surface area contributed by atoms with Gasteiger partial charge in [-0.15, -0.1) is 0 Å². The van der Waals surface area contributed by atoms with Crippen LogP contribution in [0.5, 0.6) is 0 Å². The first-order valence-corrected chi connectivity index (χ1v) is 6.46. The average molecular weight is 268 g/mol. The number of carboxylic acid groups (broad SMARTS) is 1. The highest BCUT2D eigenvalue weighted by molar-refractivity contribution is 5.80. The molecule has 7 heteroatoms. The van der Waals surface area contributed by atoms with E-state index in [1.165, 1.54) is 0 Å². The number of aliphatic carboxylic acids is 1. The maximum atomic E-state index is 11.6. The lowest BCUT2D eigenvalue weighted by Gasteiger charge is -2.29. The van der Waals surface area contributed by atoms with E-state index in [1.807, 2.05) is 19.0 Å². The van der Waals surface area contributed by atoms with Crippen LogP contribution < -0.4 is 5.32 Å². The predicted octanol–water partition coefficient (Wildman–Crippen LogP) is -0.120. The Kier molecular flexibility index (Phi) is 4.16. The highest BCUT2D eigenvalue weighted by atomic mass is 16.5. The van der Waals surface area contributed by atoms with Crippen LogP contribution in [-0.2, 0) is 16.6 Å². The molecular formula is C12H20N4O3. The van der Waals surface area contributed by atoms with E-state index in [0.717, 1.165) is 6.54 Å². The van der Waals surface area contributed by atoms with Crippen LogP contribution in [0.25, 0.3) is 0 Å². The van der Waals surface area contributed by atoms with Gasteiger partial charge < -0.3 is 19.8 Å². The molecule has 2 N–H and O–H groups in total. The number of nitrogens with one attached hydrogen (secondary N) is 1. The van der Waals surface area contributed by atoms with Crippen LogP contribution in [-0.4, -0.2) is 59.8 Å². The first kappa shape index (κ1) is 14.0. The molecule has 0 spiro atoms. The second kappa shape index (κ2) is 5.66. The van der Waals surface area contributed by atoms with Gasteiger partial charge in [-0.1, -0.05) is 5.16 Å². The summed E-state index contributed by atoms with van der Waals surface area (Å²) in [4.78, 5) is 17.9. The van der Waals surface area contributed by atoms with Crippen LogP contribution in [0, 0.1) is 0 Å². The molecule has 0 radical (unpaired) electrons. The van der Waals surface area contributed by atoms with Crippen LogP contribution in [0.4, 0.5) is 0 Å². The molecule has 7 nitrogen and oxygen atoms in total. The molecule has 0 unspecified atom stereocenters. The second-order valence-electron chi connectivity index (χ2n) is 5.21. The zero-order valence-electron chi connectivity index (χ0n) is 11.3. The SMILES string of the molecule is CN(C)CCc1noc(C2(C(=O)O)CCNCC2)n1. The minimum atomic E-state index is -1.02. The Morgan fingerprint density at radius 1 is 1.47 bits per heavy atom. The van der Waals surface area contributed by atoms with Gasteiger partial charge in [-0.2, -0.15) is 4.98 Å². The Morgan fingerprint density at radius 2 is 2.16 bits per heavy atom. The van der Waals surface area contributed by atoms with Gasteiger partial charge in [0.05, 0.1) is 0 Å². The highest BCUT2D eigenvalue weighted by Crippen LogP contribution is 2.32. The molecule has 106 valence electrons. The van der Waals surface area contributed by atoms with E-state index in [9.17, 15) is 9.90 Å². The van der Waals surface area contributed by atoms with Gasteiger partial charge in [-0.3, -0.25) is 4.79 Å². The first-order chi connectivity index (χ1) is 9.04. The average Bonchev–Trinajstić information content (AvgIpc) is 2.86. The van der Waals surface area contributed by atoms with Crippen molar-refractivity contribution in [1.29, 1.82) is 0 Å². The van der Waals surface area contributed by atoms with E-state index in [-0.39, 0.29) is 5.89 Å². The van der Waals surface area contributed by atoms with Gasteiger partial charge in [0.15, 0.2) is 5.82 Å². The fourth-order valence-electron chi connectivity index (χ4n) is 2.25. The minimum Gasteiger partial charge on any atom is -0.480 e. The summed E-state index contributed by atoms with van der Waals surface area (Å²) in [5.41, 5.74) is -1.02. The molecule has 0 bridgehead atoms. The predicted molar refractivity (Wildman–Crippen MR) is 68.0 cm³/mol. The fourth-order valence-corrected chi connectivity index (χ4v) is 2.25. The number of aromatic nitrogens is 2. The number of hydrogen-bond donors (Lipinski definition) is 2. The maximum Gasteiger partial charge on any atom is 0.319 e. The van der Waals surface area contributed by atoms with Gasteiger partial charge in [-0.05, 0) is 40.0 Å². The lowest BCUT2D eigenvalue weighted by atomic mass is 9.79. The number of nitrogens with zero attached hydrogens (tertiary/aromatic N) is 3. The molecule has 0 aromatic carbocycles. The topological polar surface area (TPSA) is 91.5 Å². The summed E-state index contributed by atoms with van der Waals surface area (Å²) in [6.07, 6.45) is 1.62. The first-order valence-electron chi connectivity index (χ1n) is 6.46. The maximum absolute atomic E-state index is 11.6. The van der Waals surface area contributed by atoms with Crippen LogP contribution in [0.3, 0.4) is 0 Å². The number of carboxylic acids is 1. The van der Waals surface area contributed by atoms with E-state index in [1.54, 1.807) is 0 Å². The van der Waals surface area contributed by atoms with Crippen molar-refractivity contribution in [2.24, 2.45) is 0 Å². The van der Waals surface area contributed by atoms with Crippen molar-refractivity contribution in [2.45, 2.75) is 24.7 Å². The quantitative estimate of drug-likeness (QED) is 0.769. The van der Waals surface area contributed by atoms with Crippen LogP contribution in [0.1, 0.15) is 24.6 Å². The number of hydrogen-bond acceptors (Lipinski definition) is 6. The fraction of sp³-hybridized carbons (Fsp3) is 0.750. The molecule has 2 rings (SSSR count). The van der Waals surface area contributed by atoms with E-state index < -0.39 is 11.4 Å². The van der Waals surface area contributed by atoms with E-state index in [2.05, 4.69) is 15.5 Å². The molecular weight excluding hydrogens is 248 g/mol. The van der Waals surface area contributed by atoms with Gasteiger partial charge >= 0.3 is 5.97 Å². The van der Waals surface area contributed by atoms with Crippen molar-refractivity contribution in [2.75, 3.05) is 33.7 Å². The van der Waals surface area contributed by atoms with Crippen molar-refractivity contribution in [3.63, 3.8) is 0 Å². The monoisotopic (exact) mass is 268 g/mol. The van der Waals surface area contributed by atoms with Crippen molar-refractivity contribution in [3.8, 4) is 0 Å². The third-order valence-electron chi connectivity index (χ3n) is 3.53. The van der Waals surface area contributed by atoms with Crippen molar-refractivity contribution < 1.29 is 14.4 Å². The number of likely N-dealkylation sites (N-methyl/N-ethyl adjacent to an activating group) is 1. The lowest BCUT2D eigenvalue weighted by molar-refractivity contribution is -0.146. The molecule has 19 heavy (non-hydrogen) atoms. The minimum absolute atomic E-state index is 0.246. The largest absolute Gasteiger partial charge is 0.480 e. The normalized spacial score (nSPS) is 18.7. The van der Waals surface area contributed by atoms with Crippen molar-refractivity contribution in [3.05, 3.63) is 11.7 Å². The summed E-state index contributed by atoms with van der Waals surface area (Å²) < 4.78 is 5.21. The second-order valence-corrected chi connectivity index (χ2v) is 5.21. The highest BCUT2D eigenvalue weighted by Gasteiger charge is 2.46. The molecule has 1 aromatic rings. The summed E-state index contributed by atoms with van der Waals surface area (Å²) in [5.74, 6) is -0.0603. The molecule has 1 aromatic heterocycles. The molecule has 1 aliphatic rings. The van der Waals surface area contributed by atoms with Crippen molar-refractivity contribution >= 4 is 5.97 Å². The molecule has 0 atom stereocenters. The molecule has 1 aliphatic heterocycles. The third-order valence-corrected chi connectivity index (χ3v) is 3.53. The number of rotatable bonds is 5. The molecule has 0 amide bonds. The van der Waals surface area contributed by atoms with Gasteiger partial charge in [0.2, 0.25) is 5.89 Å². The van der Waals surface area contributed by atoms with Gasteiger partial charge in [-0.25, -0.2) is 0 Å². The van der Waals surface area contributed by atoms with E-state index >= 15 is 0 Å². The Bertz CT molecular complexity index is 438. The zero-order valence-corrected chi connectivity index (χ0v) is 11.3. The standard InChI is InChI=1S/C12H20N4O3/c1-16(2)8-3-9-14-10(19-15-9)12(11(17)18)4-6-13-7-5-12/h13H,3-8H2,1-2H3,(H,17,18). The summed E-state index contributed by atoms with van der Waals surface area (Å²) in [6, 6.07) is 0.